The highest BCUT2D eigenvalue weighted by Gasteiger charge is 2.25. The quantitative estimate of drug-likeness (QED) is 0.836. The molecule has 1 heterocycles. The highest BCUT2D eigenvalue weighted by atomic mass is 16.6. The number of ether oxygens (including phenoxy) is 1. The number of anilines is 1. The molecule has 0 unspecified atom stereocenters. The average Bonchev–Trinajstić information content (AvgIpc) is 2.46. The molecule has 1 aromatic carbocycles. The Labute approximate surface area is 127 Å². The molecule has 1 aliphatic heterocycles. The van der Waals surface area contributed by atoms with Crippen LogP contribution in [0.5, 0.6) is 0 Å². The van der Waals surface area contributed by atoms with E-state index in [4.69, 9.17) is 4.74 Å². The highest BCUT2D eigenvalue weighted by Crippen LogP contribution is 2.19. The number of hydrogen-bond donors (Lipinski definition) is 0. The first-order valence-electron chi connectivity index (χ1n) is 7.34. The predicted molar refractivity (Wildman–Crippen MR) is 86.6 cm³/mol. The molecule has 0 saturated carbocycles. The molecule has 0 spiro atoms. The zero-order valence-electron chi connectivity index (χ0n) is 13.1. The zero-order valence-corrected chi connectivity index (χ0v) is 13.1. The molecule has 4 nitrogen and oxygen atoms in total. The predicted octanol–water partition coefficient (Wildman–Crippen LogP) is 3.39. The van der Waals surface area contributed by atoms with E-state index >= 15 is 0 Å². The van der Waals surface area contributed by atoms with Gasteiger partial charge in [-0.15, -0.1) is 0 Å². The van der Waals surface area contributed by atoms with Gasteiger partial charge in [0.2, 0.25) is 0 Å². The lowest BCUT2D eigenvalue weighted by atomic mass is 10.2. The molecule has 0 radical (unpaired) electrons. The van der Waals surface area contributed by atoms with Crippen LogP contribution in [0.15, 0.2) is 30.8 Å². The number of nitrogens with zero attached hydrogens (tertiary/aromatic N) is 2. The molecule has 21 heavy (non-hydrogen) atoms. The lowest BCUT2D eigenvalue weighted by Crippen LogP contribution is -2.50. The Hall–Kier alpha value is -1.97. The van der Waals surface area contributed by atoms with E-state index in [1.807, 2.05) is 26.8 Å². The van der Waals surface area contributed by atoms with E-state index in [0.29, 0.717) is 13.1 Å². The molecule has 1 amide bonds. The van der Waals surface area contributed by atoms with E-state index in [0.717, 1.165) is 18.7 Å². The molecule has 0 aromatic heterocycles. The molecular formula is C17H24N2O2. The number of amides is 1. The van der Waals surface area contributed by atoms with E-state index in [1.165, 1.54) is 5.69 Å². The third-order valence-corrected chi connectivity index (χ3v) is 3.43. The lowest BCUT2D eigenvalue weighted by Gasteiger charge is -2.36. The number of carbonyl (C=O) groups is 1. The second kappa shape index (κ2) is 6.20. The van der Waals surface area contributed by atoms with Gasteiger partial charge in [-0.25, -0.2) is 4.79 Å². The molecule has 0 bridgehead atoms. The Morgan fingerprint density at radius 2 is 1.71 bits per heavy atom. The molecule has 1 aliphatic rings. The van der Waals surface area contributed by atoms with Crippen molar-refractivity contribution < 1.29 is 9.53 Å². The van der Waals surface area contributed by atoms with Crippen LogP contribution in [0.3, 0.4) is 0 Å². The highest BCUT2D eigenvalue weighted by molar-refractivity contribution is 5.68. The summed E-state index contributed by atoms with van der Waals surface area (Å²) in [4.78, 5) is 16.1. The summed E-state index contributed by atoms with van der Waals surface area (Å²) in [7, 11) is 0. The third kappa shape index (κ3) is 4.25. The van der Waals surface area contributed by atoms with Gasteiger partial charge in [-0.05, 0) is 38.5 Å². The van der Waals surface area contributed by atoms with Gasteiger partial charge in [-0.2, -0.15) is 0 Å². The number of piperazine rings is 1. The molecule has 0 atom stereocenters. The first-order valence-corrected chi connectivity index (χ1v) is 7.34. The standard InChI is InChI=1S/C17H24N2O2/c1-5-14-6-8-15(9-7-14)18-10-12-19(13-11-18)16(20)21-17(2,3)4/h5-9H,1,10-13H2,2-4H3. The van der Waals surface area contributed by atoms with E-state index < -0.39 is 5.60 Å². The minimum atomic E-state index is -0.436. The molecule has 0 aliphatic carbocycles. The van der Waals surface area contributed by atoms with Gasteiger partial charge in [0, 0.05) is 31.9 Å². The minimum absolute atomic E-state index is 0.218. The molecular weight excluding hydrogens is 264 g/mol. The number of benzene rings is 1. The number of rotatable bonds is 2. The van der Waals surface area contributed by atoms with Gasteiger partial charge in [0.05, 0.1) is 0 Å². The van der Waals surface area contributed by atoms with Crippen LogP contribution in [-0.2, 0) is 4.74 Å². The second-order valence-electron chi connectivity index (χ2n) is 6.25. The normalized spacial score (nSPS) is 15.8. The molecule has 2 rings (SSSR count). The summed E-state index contributed by atoms with van der Waals surface area (Å²) in [5.41, 5.74) is 1.87. The van der Waals surface area contributed by atoms with Gasteiger partial charge in [0.25, 0.3) is 0 Å². The van der Waals surface area contributed by atoms with Crippen LogP contribution in [0.25, 0.3) is 6.08 Å². The maximum absolute atomic E-state index is 12.0. The van der Waals surface area contributed by atoms with Gasteiger partial charge >= 0.3 is 6.09 Å². The van der Waals surface area contributed by atoms with E-state index in [-0.39, 0.29) is 6.09 Å². The summed E-state index contributed by atoms with van der Waals surface area (Å²) in [6, 6.07) is 8.31. The maximum atomic E-state index is 12.0. The number of hydrogen-bond acceptors (Lipinski definition) is 3. The molecule has 114 valence electrons. The van der Waals surface area contributed by atoms with Crippen molar-refractivity contribution in [2.24, 2.45) is 0 Å². The van der Waals surface area contributed by atoms with Crippen LogP contribution in [0, 0.1) is 0 Å². The van der Waals surface area contributed by atoms with Crippen LogP contribution >= 0.6 is 0 Å². The zero-order chi connectivity index (χ0) is 15.5. The number of carbonyl (C=O) groups excluding carboxylic acids is 1. The molecule has 1 aromatic rings. The third-order valence-electron chi connectivity index (χ3n) is 3.43. The fourth-order valence-corrected chi connectivity index (χ4v) is 2.29. The molecule has 0 N–H and O–H groups in total. The fraction of sp³-hybridized carbons (Fsp3) is 0.471. The van der Waals surface area contributed by atoms with E-state index in [9.17, 15) is 4.79 Å². The second-order valence-corrected chi connectivity index (χ2v) is 6.25. The maximum Gasteiger partial charge on any atom is 0.410 e. The summed E-state index contributed by atoms with van der Waals surface area (Å²) in [5, 5.41) is 0. The Kier molecular flexibility index (Phi) is 4.56. The van der Waals surface area contributed by atoms with Gasteiger partial charge in [0.15, 0.2) is 0 Å². The SMILES string of the molecule is C=Cc1ccc(N2CCN(C(=O)OC(C)(C)C)CC2)cc1. The smallest absolute Gasteiger partial charge is 0.410 e. The van der Waals surface area contributed by atoms with Crippen molar-refractivity contribution in [3.63, 3.8) is 0 Å². The average molecular weight is 288 g/mol. The first-order chi connectivity index (χ1) is 9.89. The summed E-state index contributed by atoms with van der Waals surface area (Å²) < 4.78 is 5.41. The largest absolute Gasteiger partial charge is 0.444 e. The minimum Gasteiger partial charge on any atom is -0.444 e. The molecule has 1 saturated heterocycles. The van der Waals surface area contributed by atoms with E-state index in [1.54, 1.807) is 4.90 Å². The summed E-state index contributed by atoms with van der Waals surface area (Å²) in [6.45, 7) is 12.5. The Morgan fingerprint density at radius 3 is 2.19 bits per heavy atom. The van der Waals surface area contributed by atoms with Crippen LogP contribution < -0.4 is 4.90 Å². The van der Waals surface area contributed by atoms with Crippen LogP contribution in [-0.4, -0.2) is 42.8 Å². The Bertz CT molecular complexity index is 495. The summed E-state index contributed by atoms with van der Waals surface area (Å²) in [5.74, 6) is 0. The first kappa shape index (κ1) is 15.4. The topological polar surface area (TPSA) is 32.8 Å². The fourth-order valence-electron chi connectivity index (χ4n) is 2.29. The van der Waals surface area contributed by atoms with Crippen molar-refractivity contribution in [2.75, 3.05) is 31.1 Å². The summed E-state index contributed by atoms with van der Waals surface area (Å²) >= 11 is 0. The summed E-state index contributed by atoms with van der Waals surface area (Å²) in [6.07, 6.45) is 1.62. The van der Waals surface area contributed by atoms with Gasteiger partial charge in [-0.1, -0.05) is 24.8 Å². The van der Waals surface area contributed by atoms with Crippen LogP contribution in [0.4, 0.5) is 10.5 Å². The van der Waals surface area contributed by atoms with Crippen molar-refractivity contribution in [3.8, 4) is 0 Å². The van der Waals surface area contributed by atoms with Gasteiger partial charge in [0.1, 0.15) is 5.60 Å². The van der Waals surface area contributed by atoms with Gasteiger partial charge < -0.3 is 14.5 Å². The van der Waals surface area contributed by atoms with Crippen LogP contribution in [0.2, 0.25) is 0 Å². The van der Waals surface area contributed by atoms with E-state index in [2.05, 4.69) is 35.7 Å². The monoisotopic (exact) mass is 288 g/mol. The van der Waals surface area contributed by atoms with Crippen molar-refractivity contribution in [1.29, 1.82) is 0 Å². The van der Waals surface area contributed by atoms with Crippen molar-refractivity contribution >= 4 is 17.9 Å². The Balaban J connectivity index is 1.90. The van der Waals surface area contributed by atoms with Gasteiger partial charge in [-0.3, -0.25) is 0 Å². The molecule has 4 heteroatoms. The Morgan fingerprint density at radius 1 is 1.14 bits per heavy atom. The van der Waals surface area contributed by atoms with Crippen molar-refractivity contribution in [3.05, 3.63) is 36.4 Å². The lowest BCUT2D eigenvalue weighted by molar-refractivity contribution is 0.0240. The molecule has 1 fully saturated rings. The van der Waals surface area contributed by atoms with Crippen molar-refractivity contribution in [1.82, 2.24) is 4.90 Å². The van der Waals surface area contributed by atoms with Crippen LogP contribution in [0.1, 0.15) is 26.3 Å². The van der Waals surface area contributed by atoms with Crippen molar-refractivity contribution in [2.45, 2.75) is 26.4 Å².